The Kier molecular flexibility index (Phi) is 8.47. The molecule has 0 bridgehead atoms. The maximum Gasteiger partial charge on any atom is 0.320 e. The first kappa shape index (κ1) is 28.7. The Morgan fingerprint density at radius 1 is 0.900 bits per heavy atom. The van der Waals surface area contributed by atoms with Crippen molar-refractivity contribution in [2.24, 2.45) is 5.73 Å². The van der Waals surface area contributed by atoms with Crippen LogP contribution < -0.4 is 15.4 Å². The number of primary amides is 1. The molecule has 3 atom stereocenters. The van der Waals surface area contributed by atoms with Gasteiger partial charge in [0.2, 0.25) is 5.91 Å². The van der Waals surface area contributed by atoms with Crippen LogP contribution in [0.3, 0.4) is 0 Å². The van der Waals surface area contributed by atoms with Crippen LogP contribution in [-0.2, 0) is 9.59 Å². The summed E-state index contributed by atoms with van der Waals surface area (Å²) in [5.41, 5.74) is 7.67. The van der Waals surface area contributed by atoms with Crippen molar-refractivity contribution in [1.82, 2.24) is 10.0 Å². The highest BCUT2D eigenvalue weighted by Gasteiger charge is 2.47. The molecule has 1 fully saturated rings. The van der Waals surface area contributed by atoms with Gasteiger partial charge in [0.1, 0.15) is 11.8 Å². The van der Waals surface area contributed by atoms with Crippen molar-refractivity contribution in [1.29, 1.82) is 0 Å². The molecule has 3 aromatic carbocycles. The molecule has 1 aliphatic heterocycles. The van der Waals surface area contributed by atoms with Crippen LogP contribution in [0.4, 0.5) is 10.5 Å². The lowest BCUT2D eigenvalue weighted by molar-refractivity contribution is -0.181. The number of anilines is 1. The molecule has 1 heterocycles. The van der Waals surface area contributed by atoms with Gasteiger partial charge in [-0.3, -0.25) is 14.5 Å². The Hall–Kier alpha value is -4.33. The molecule has 3 aromatic rings. The van der Waals surface area contributed by atoms with Crippen molar-refractivity contribution < 1.29 is 19.1 Å². The lowest BCUT2D eigenvalue weighted by Crippen LogP contribution is -2.62. The molecule has 40 heavy (non-hydrogen) atoms. The van der Waals surface area contributed by atoms with E-state index in [1.54, 1.807) is 29.3 Å². The van der Waals surface area contributed by atoms with Crippen molar-refractivity contribution in [2.45, 2.75) is 64.1 Å². The van der Waals surface area contributed by atoms with E-state index in [1.165, 1.54) is 23.9 Å². The van der Waals surface area contributed by atoms with Crippen molar-refractivity contribution in [3.05, 3.63) is 96.1 Å². The van der Waals surface area contributed by atoms with Gasteiger partial charge in [-0.1, -0.05) is 66.7 Å². The monoisotopic (exact) mass is 542 g/mol. The van der Waals surface area contributed by atoms with Crippen molar-refractivity contribution in [2.75, 3.05) is 12.0 Å². The summed E-state index contributed by atoms with van der Waals surface area (Å²) in [7, 11) is 1.54. The predicted molar refractivity (Wildman–Crippen MR) is 156 cm³/mol. The van der Waals surface area contributed by atoms with Gasteiger partial charge in [-0.05, 0) is 62.8 Å². The Labute approximate surface area is 236 Å². The van der Waals surface area contributed by atoms with Crippen molar-refractivity contribution in [3.63, 3.8) is 0 Å². The van der Waals surface area contributed by atoms with E-state index >= 15 is 0 Å². The van der Waals surface area contributed by atoms with E-state index in [4.69, 9.17) is 10.5 Å². The number of methoxy groups -OCH3 is 1. The number of urea groups is 1. The van der Waals surface area contributed by atoms with Gasteiger partial charge in [0.25, 0.3) is 5.91 Å². The number of carbonyl (C=O) groups excluding carboxylic acids is 3. The van der Waals surface area contributed by atoms with Gasteiger partial charge in [-0.15, -0.1) is 0 Å². The Morgan fingerprint density at radius 3 is 2.02 bits per heavy atom. The van der Waals surface area contributed by atoms with Crippen LogP contribution in [0, 0.1) is 0 Å². The van der Waals surface area contributed by atoms with Crippen LogP contribution in [-0.4, -0.2) is 46.6 Å². The average Bonchev–Trinajstić information content (AvgIpc) is 3.06. The summed E-state index contributed by atoms with van der Waals surface area (Å²) in [5, 5.41) is 3.10. The summed E-state index contributed by atoms with van der Waals surface area (Å²) in [5.74, 6) is -0.236. The lowest BCUT2D eigenvalue weighted by atomic mass is 9.86. The Morgan fingerprint density at radius 2 is 1.50 bits per heavy atom. The number of ether oxygens (including phenoxy) is 1. The van der Waals surface area contributed by atoms with Gasteiger partial charge in [0.05, 0.1) is 24.4 Å². The van der Waals surface area contributed by atoms with Crippen LogP contribution in [0.1, 0.15) is 63.6 Å². The molecular weight excluding hydrogens is 504 g/mol. The van der Waals surface area contributed by atoms with E-state index in [1.807, 2.05) is 81.4 Å². The fourth-order valence-electron chi connectivity index (χ4n) is 5.71. The third-order valence-corrected chi connectivity index (χ3v) is 7.31. The molecule has 4 amide bonds. The molecule has 0 radical (unpaired) electrons. The van der Waals surface area contributed by atoms with Crippen molar-refractivity contribution >= 4 is 23.5 Å². The zero-order valence-electron chi connectivity index (χ0n) is 23.8. The average molecular weight is 543 g/mol. The number of hydrogen-bond donors (Lipinski definition) is 1. The largest absolute Gasteiger partial charge is 0.497 e. The predicted octanol–water partition coefficient (Wildman–Crippen LogP) is 5.66. The summed E-state index contributed by atoms with van der Waals surface area (Å²) < 4.78 is 5.40. The second-order valence-electron chi connectivity index (χ2n) is 11.1. The van der Waals surface area contributed by atoms with Gasteiger partial charge in [0.15, 0.2) is 0 Å². The molecule has 0 spiro atoms. The Bertz CT molecular complexity index is 1340. The second kappa shape index (κ2) is 11.8. The van der Waals surface area contributed by atoms with Crippen LogP contribution >= 0.6 is 0 Å². The maximum absolute atomic E-state index is 14.8. The fraction of sp³-hybridized carbons (Fsp3) is 0.344. The minimum atomic E-state index is -0.979. The fourth-order valence-corrected chi connectivity index (χ4v) is 5.71. The lowest BCUT2D eigenvalue weighted by Gasteiger charge is -2.47. The molecule has 0 aromatic heterocycles. The molecule has 3 unspecified atom stereocenters. The molecule has 0 aliphatic carbocycles. The summed E-state index contributed by atoms with van der Waals surface area (Å²) in [6, 6.07) is 24.4. The van der Waals surface area contributed by atoms with E-state index in [0.717, 1.165) is 11.1 Å². The number of hydrogen-bond acceptors (Lipinski definition) is 4. The zero-order valence-corrected chi connectivity index (χ0v) is 23.8. The van der Waals surface area contributed by atoms with Gasteiger partial charge >= 0.3 is 6.03 Å². The first-order valence-electron chi connectivity index (χ1n) is 13.5. The maximum atomic E-state index is 14.8. The molecule has 210 valence electrons. The normalized spacial score (nSPS) is 19.5. The number of hydrazine groups is 1. The van der Waals surface area contributed by atoms with Gasteiger partial charge in [-0.25, -0.2) is 14.8 Å². The van der Waals surface area contributed by atoms with Crippen LogP contribution in [0.15, 0.2) is 84.9 Å². The third-order valence-electron chi connectivity index (χ3n) is 7.31. The Balaban J connectivity index is 1.96. The quantitative estimate of drug-likeness (QED) is 0.435. The summed E-state index contributed by atoms with van der Waals surface area (Å²) in [4.78, 5) is 42.5. The van der Waals surface area contributed by atoms with Crippen LogP contribution in [0.5, 0.6) is 5.75 Å². The molecule has 1 saturated heterocycles. The molecule has 0 saturated carbocycles. The topological polar surface area (TPSA) is 96.2 Å². The molecule has 8 heteroatoms. The summed E-state index contributed by atoms with van der Waals surface area (Å²) in [6.07, 6.45) is 0.861. The van der Waals surface area contributed by atoms with Crippen LogP contribution in [0.2, 0.25) is 0 Å². The zero-order chi connectivity index (χ0) is 29.0. The highest BCUT2D eigenvalue weighted by Crippen LogP contribution is 2.43. The van der Waals surface area contributed by atoms with Crippen LogP contribution in [0.25, 0.3) is 0 Å². The summed E-state index contributed by atoms with van der Waals surface area (Å²) in [6.45, 7) is 7.15. The molecular formula is C32H38N4O4. The smallest absolute Gasteiger partial charge is 0.320 e. The molecule has 2 N–H and O–H groups in total. The van der Waals surface area contributed by atoms with E-state index in [-0.39, 0.29) is 17.7 Å². The minimum absolute atomic E-state index is 0.119. The standard InChI is InChI=1S/C32H38N4O4/c1-22(37)36(32(2,3)4)35-28(24-15-10-7-11-16-24)19-25(23-13-8-6-9-14-23)20-29(30(35)38)34(31(33)39)26-17-12-18-27(21-26)40-5/h6-18,21,25,28-29H,19-20H2,1-5H3,(H2,33,39). The van der Waals surface area contributed by atoms with Gasteiger partial charge < -0.3 is 10.5 Å². The number of rotatable bonds is 6. The second-order valence-corrected chi connectivity index (χ2v) is 11.1. The summed E-state index contributed by atoms with van der Waals surface area (Å²) >= 11 is 0. The highest BCUT2D eigenvalue weighted by atomic mass is 16.5. The van der Waals surface area contributed by atoms with Gasteiger partial charge in [-0.2, -0.15) is 0 Å². The molecule has 4 rings (SSSR count). The van der Waals surface area contributed by atoms with Gasteiger partial charge in [0, 0.05) is 13.0 Å². The molecule has 1 aliphatic rings. The van der Waals surface area contributed by atoms with E-state index in [0.29, 0.717) is 24.3 Å². The first-order chi connectivity index (χ1) is 19.0. The molecule has 8 nitrogen and oxygen atoms in total. The van der Waals surface area contributed by atoms with E-state index < -0.39 is 23.7 Å². The third kappa shape index (κ3) is 5.96. The van der Waals surface area contributed by atoms with E-state index in [9.17, 15) is 14.4 Å². The minimum Gasteiger partial charge on any atom is -0.497 e. The van der Waals surface area contributed by atoms with E-state index in [2.05, 4.69) is 0 Å². The highest BCUT2D eigenvalue weighted by molar-refractivity contribution is 6.00. The number of nitrogens with zero attached hydrogens (tertiary/aromatic N) is 3. The number of carbonyl (C=O) groups is 3. The number of benzene rings is 3. The first-order valence-corrected chi connectivity index (χ1v) is 13.5. The number of nitrogens with two attached hydrogens (primary N) is 1. The van der Waals surface area contributed by atoms with Crippen molar-refractivity contribution in [3.8, 4) is 5.75 Å². The number of amides is 4. The SMILES string of the molecule is COc1cccc(N(C(N)=O)C2CC(c3ccccc3)CC(c3ccccc3)N(N(C(C)=O)C(C)(C)C)C2=O)c1.